The van der Waals surface area contributed by atoms with Crippen LogP contribution in [0, 0.1) is 5.41 Å². The fraction of sp³-hybridized carbons (Fsp3) is 0.636. The van der Waals surface area contributed by atoms with Gasteiger partial charge in [0, 0.05) is 19.8 Å². The standard InChI is InChI=1S/C11H16ClN3O/c1-11(4-6-16-7-5-11)8-13-10-3-2-9(12)14-15-10/h2-3H,4-8H2,1H3,(H,13,15). The Hall–Kier alpha value is -0.870. The minimum Gasteiger partial charge on any atom is -0.381 e. The molecule has 0 spiro atoms. The largest absolute Gasteiger partial charge is 0.381 e. The number of hydrogen-bond acceptors (Lipinski definition) is 4. The first-order valence-electron chi connectivity index (χ1n) is 5.49. The molecule has 1 aromatic heterocycles. The van der Waals surface area contributed by atoms with Crippen LogP contribution >= 0.6 is 11.6 Å². The van der Waals surface area contributed by atoms with Crippen LogP contribution in [0.5, 0.6) is 0 Å². The van der Waals surface area contributed by atoms with Gasteiger partial charge in [-0.05, 0) is 30.4 Å². The lowest BCUT2D eigenvalue weighted by Gasteiger charge is -2.33. The number of aromatic nitrogens is 2. The number of nitrogens with one attached hydrogen (secondary N) is 1. The van der Waals surface area contributed by atoms with Crippen molar-refractivity contribution in [2.45, 2.75) is 19.8 Å². The van der Waals surface area contributed by atoms with Crippen molar-refractivity contribution in [2.75, 3.05) is 25.1 Å². The van der Waals surface area contributed by atoms with Crippen molar-refractivity contribution in [3.63, 3.8) is 0 Å². The Morgan fingerprint density at radius 3 is 2.75 bits per heavy atom. The summed E-state index contributed by atoms with van der Waals surface area (Å²) in [5, 5.41) is 11.5. The van der Waals surface area contributed by atoms with E-state index < -0.39 is 0 Å². The van der Waals surface area contributed by atoms with E-state index in [1.54, 1.807) is 6.07 Å². The van der Waals surface area contributed by atoms with E-state index in [2.05, 4.69) is 22.4 Å². The highest BCUT2D eigenvalue weighted by Gasteiger charge is 2.27. The molecule has 2 heterocycles. The van der Waals surface area contributed by atoms with Gasteiger partial charge in [-0.15, -0.1) is 10.2 Å². The molecule has 88 valence electrons. The van der Waals surface area contributed by atoms with E-state index in [1.807, 2.05) is 6.07 Å². The first-order valence-corrected chi connectivity index (χ1v) is 5.87. The van der Waals surface area contributed by atoms with E-state index >= 15 is 0 Å². The maximum Gasteiger partial charge on any atom is 0.151 e. The van der Waals surface area contributed by atoms with Crippen LogP contribution in [0.3, 0.4) is 0 Å². The summed E-state index contributed by atoms with van der Waals surface area (Å²) in [5.74, 6) is 0.775. The smallest absolute Gasteiger partial charge is 0.151 e. The molecule has 0 amide bonds. The van der Waals surface area contributed by atoms with Gasteiger partial charge in [0.15, 0.2) is 5.15 Å². The Bertz CT molecular complexity index is 336. The maximum atomic E-state index is 5.67. The number of rotatable bonds is 3. The Labute approximate surface area is 100 Å². The second-order valence-corrected chi connectivity index (χ2v) is 4.91. The van der Waals surface area contributed by atoms with Gasteiger partial charge in [-0.3, -0.25) is 0 Å². The second-order valence-electron chi connectivity index (χ2n) is 4.52. The quantitative estimate of drug-likeness (QED) is 0.883. The molecule has 4 nitrogen and oxygen atoms in total. The van der Waals surface area contributed by atoms with Gasteiger partial charge >= 0.3 is 0 Å². The average molecular weight is 242 g/mol. The third kappa shape index (κ3) is 3.06. The normalized spacial score (nSPS) is 19.4. The monoisotopic (exact) mass is 241 g/mol. The third-order valence-corrected chi connectivity index (χ3v) is 3.23. The fourth-order valence-corrected chi connectivity index (χ4v) is 1.86. The molecule has 1 aromatic rings. The molecular formula is C11H16ClN3O. The average Bonchev–Trinajstić information content (AvgIpc) is 2.29. The Morgan fingerprint density at radius 2 is 2.12 bits per heavy atom. The lowest BCUT2D eigenvalue weighted by atomic mass is 9.82. The summed E-state index contributed by atoms with van der Waals surface area (Å²) in [6.45, 7) is 4.87. The maximum absolute atomic E-state index is 5.67. The highest BCUT2D eigenvalue weighted by atomic mass is 35.5. The number of halogens is 1. The molecular weight excluding hydrogens is 226 g/mol. The van der Waals surface area contributed by atoms with Crippen molar-refractivity contribution in [3.8, 4) is 0 Å². The number of anilines is 1. The summed E-state index contributed by atoms with van der Waals surface area (Å²) in [5.41, 5.74) is 0.291. The molecule has 1 N–H and O–H groups in total. The summed E-state index contributed by atoms with van der Waals surface area (Å²) in [6, 6.07) is 3.58. The Kier molecular flexibility index (Phi) is 3.61. The number of hydrogen-bond donors (Lipinski definition) is 1. The van der Waals surface area contributed by atoms with Gasteiger partial charge in [-0.1, -0.05) is 18.5 Å². The van der Waals surface area contributed by atoms with Crippen LogP contribution < -0.4 is 5.32 Å². The van der Waals surface area contributed by atoms with Gasteiger partial charge < -0.3 is 10.1 Å². The SMILES string of the molecule is CC1(CNc2ccc(Cl)nn2)CCOCC1. The van der Waals surface area contributed by atoms with Crippen molar-refractivity contribution in [1.29, 1.82) is 0 Å². The van der Waals surface area contributed by atoms with Gasteiger partial charge in [-0.2, -0.15) is 0 Å². The molecule has 1 aliphatic heterocycles. The third-order valence-electron chi connectivity index (χ3n) is 3.03. The van der Waals surface area contributed by atoms with Crippen molar-refractivity contribution >= 4 is 17.4 Å². The van der Waals surface area contributed by atoms with Gasteiger partial charge in [-0.25, -0.2) is 0 Å². The van der Waals surface area contributed by atoms with Crippen LogP contribution in [0.15, 0.2) is 12.1 Å². The minimum atomic E-state index is 0.291. The lowest BCUT2D eigenvalue weighted by molar-refractivity contribution is 0.0299. The van der Waals surface area contributed by atoms with Crippen molar-refractivity contribution in [1.82, 2.24) is 10.2 Å². The topological polar surface area (TPSA) is 47.0 Å². The van der Waals surface area contributed by atoms with E-state index in [9.17, 15) is 0 Å². The zero-order valence-corrected chi connectivity index (χ0v) is 10.1. The predicted octanol–water partition coefficient (Wildman–Crippen LogP) is 2.36. The Morgan fingerprint density at radius 1 is 1.38 bits per heavy atom. The number of nitrogens with zero attached hydrogens (tertiary/aromatic N) is 2. The summed E-state index contributed by atoms with van der Waals surface area (Å²) < 4.78 is 5.36. The van der Waals surface area contributed by atoms with Crippen LogP contribution in [0.2, 0.25) is 5.15 Å². The van der Waals surface area contributed by atoms with Gasteiger partial charge in [0.2, 0.25) is 0 Å². The molecule has 1 fully saturated rings. The van der Waals surface area contributed by atoms with E-state index in [0.29, 0.717) is 10.6 Å². The molecule has 0 unspecified atom stereocenters. The Balaban J connectivity index is 1.88. The van der Waals surface area contributed by atoms with Crippen LogP contribution in [-0.2, 0) is 4.74 Å². The van der Waals surface area contributed by atoms with Gasteiger partial charge in [0.1, 0.15) is 5.82 Å². The summed E-state index contributed by atoms with van der Waals surface area (Å²) in [6.07, 6.45) is 2.17. The zero-order valence-electron chi connectivity index (χ0n) is 9.37. The molecule has 5 heteroatoms. The molecule has 0 aliphatic carbocycles. The van der Waals surface area contributed by atoms with E-state index in [4.69, 9.17) is 16.3 Å². The van der Waals surface area contributed by atoms with Crippen molar-refractivity contribution < 1.29 is 4.74 Å². The van der Waals surface area contributed by atoms with Crippen LogP contribution in [0.25, 0.3) is 0 Å². The molecule has 1 saturated heterocycles. The van der Waals surface area contributed by atoms with E-state index in [1.165, 1.54) is 0 Å². The van der Waals surface area contributed by atoms with Crippen LogP contribution in [0.1, 0.15) is 19.8 Å². The fourth-order valence-electron chi connectivity index (χ4n) is 1.76. The highest BCUT2D eigenvalue weighted by molar-refractivity contribution is 6.29. The number of ether oxygens (including phenoxy) is 1. The first-order chi connectivity index (χ1) is 7.68. The van der Waals surface area contributed by atoms with Gasteiger partial charge in [0.25, 0.3) is 0 Å². The molecule has 0 bridgehead atoms. The lowest BCUT2D eigenvalue weighted by Crippen LogP contribution is -2.33. The highest BCUT2D eigenvalue weighted by Crippen LogP contribution is 2.29. The zero-order chi connectivity index (χ0) is 11.4. The molecule has 0 aromatic carbocycles. The van der Waals surface area contributed by atoms with Crippen molar-refractivity contribution in [2.24, 2.45) is 5.41 Å². The molecule has 0 saturated carbocycles. The summed E-state index contributed by atoms with van der Waals surface area (Å²) in [4.78, 5) is 0. The predicted molar refractivity (Wildman–Crippen MR) is 63.7 cm³/mol. The summed E-state index contributed by atoms with van der Waals surface area (Å²) >= 11 is 5.67. The van der Waals surface area contributed by atoms with Crippen LogP contribution in [0.4, 0.5) is 5.82 Å². The minimum absolute atomic E-state index is 0.291. The molecule has 16 heavy (non-hydrogen) atoms. The first kappa shape index (κ1) is 11.6. The molecule has 0 atom stereocenters. The van der Waals surface area contributed by atoms with Crippen LogP contribution in [-0.4, -0.2) is 30.0 Å². The molecule has 2 rings (SSSR count). The molecule has 0 radical (unpaired) electrons. The van der Waals surface area contributed by atoms with Gasteiger partial charge in [0.05, 0.1) is 0 Å². The molecule has 1 aliphatic rings. The van der Waals surface area contributed by atoms with E-state index in [-0.39, 0.29) is 0 Å². The van der Waals surface area contributed by atoms with E-state index in [0.717, 1.165) is 38.4 Å². The second kappa shape index (κ2) is 4.97. The van der Waals surface area contributed by atoms with Crippen molar-refractivity contribution in [3.05, 3.63) is 17.3 Å². The summed E-state index contributed by atoms with van der Waals surface area (Å²) in [7, 11) is 0.